The summed E-state index contributed by atoms with van der Waals surface area (Å²) >= 11 is 1.38. The van der Waals surface area contributed by atoms with E-state index in [1.165, 1.54) is 11.3 Å². The predicted octanol–water partition coefficient (Wildman–Crippen LogP) is 4.77. The smallest absolute Gasteiger partial charge is 0.410 e. The topological polar surface area (TPSA) is 113 Å². The predicted molar refractivity (Wildman–Crippen MR) is 150 cm³/mol. The highest BCUT2D eigenvalue weighted by Crippen LogP contribution is 2.43. The van der Waals surface area contributed by atoms with Gasteiger partial charge in [-0.2, -0.15) is 4.98 Å². The van der Waals surface area contributed by atoms with Crippen LogP contribution in [0.1, 0.15) is 36.8 Å². The summed E-state index contributed by atoms with van der Waals surface area (Å²) in [6.07, 6.45) is 6.60. The molecule has 0 aliphatic carbocycles. The van der Waals surface area contributed by atoms with Crippen molar-refractivity contribution < 1.29 is 14.3 Å². The molecule has 2 aliphatic rings. The third-order valence-corrected chi connectivity index (χ3v) is 7.75. The number of fused-ring (bicyclic) bond motifs is 1. The molecule has 6 rings (SSSR count). The lowest BCUT2D eigenvalue weighted by atomic mass is 9.72. The average molecular weight is 544 g/mol. The van der Waals surface area contributed by atoms with Crippen molar-refractivity contribution in [2.45, 2.75) is 33.3 Å². The minimum absolute atomic E-state index is 0.0348. The molecule has 10 nitrogen and oxygen atoms in total. The molecule has 39 heavy (non-hydrogen) atoms. The number of nitrogens with zero attached hydrogens (tertiary/aromatic N) is 6. The number of hydrogen-bond donors (Lipinski definition) is 1. The maximum absolute atomic E-state index is 13.4. The Balaban J connectivity index is 1.14. The summed E-state index contributed by atoms with van der Waals surface area (Å²) < 4.78 is 6.37. The van der Waals surface area contributed by atoms with Gasteiger partial charge >= 0.3 is 6.09 Å². The van der Waals surface area contributed by atoms with Gasteiger partial charge in [0, 0.05) is 67.6 Å². The number of pyridine rings is 3. The van der Waals surface area contributed by atoms with Crippen molar-refractivity contribution in [1.29, 1.82) is 0 Å². The van der Waals surface area contributed by atoms with E-state index in [9.17, 15) is 9.59 Å². The van der Waals surface area contributed by atoms with E-state index < -0.39 is 5.60 Å². The number of carbonyl (C=O) groups excluding carboxylic acids is 2. The highest BCUT2D eigenvalue weighted by molar-refractivity contribution is 7.22. The van der Waals surface area contributed by atoms with Crippen molar-refractivity contribution in [3.8, 4) is 11.1 Å². The third-order valence-electron chi connectivity index (χ3n) is 6.84. The number of amides is 2. The first-order chi connectivity index (χ1) is 18.6. The number of ether oxygens (including phenoxy) is 1. The summed E-state index contributed by atoms with van der Waals surface area (Å²) in [5.74, 6) is -0.268. The van der Waals surface area contributed by atoms with Crippen molar-refractivity contribution in [3.05, 3.63) is 60.3 Å². The van der Waals surface area contributed by atoms with E-state index in [-0.39, 0.29) is 17.4 Å². The van der Waals surface area contributed by atoms with E-state index in [2.05, 4.69) is 30.2 Å². The zero-order valence-corrected chi connectivity index (χ0v) is 23.1. The van der Waals surface area contributed by atoms with Gasteiger partial charge < -0.3 is 14.5 Å². The first-order valence-electron chi connectivity index (χ1n) is 12.8. The summed E-state index contributed by atoms with van der Waals surface area (Å²) in [5.41, 5.74) is 4.24. The minimum Gasteiger partial charge on any atom is -0.444 e. The summed E-state index contributed by atoms with van der Waals surface area (Å²) in [4.78, 5) is 47.1. The second-order valence-electron chi connectivity index (χ2n) is 11.3. The molecule has 11 heteroatoms. The molecule has 0 bridgehead atoms. The molecule has 4 aromatic heterocycles. The number of carbonyl (C=O) groups is 2. The van der Waals surface area contributed by atoms with Gasteiger partial charge in [0.15, 0.2) is 10.8 Å². The van der Waals surface area contributed by atoms with Gasteiger partial charge in [-0.3, -0.25) is 20.1 Å². The van der Waals surface area contributed by atoms with Crippen molar-refractivity contribution >= 4 is 44.5 Å². The lowest BCUT2D eigenvalue weighted by Crippen LogP contribution is -2.73. The van der Waals surface area contributed by atoms with E-state index in [1.54, 1.807) is 29.7 Å². The second-order valence-corrected chi connectivity index (χ2v) is 12.3. The Morgan fingerprint density at radius 2 is 1.77 bits per heavy atom. The average Bonchev–Trinajstić information content (AvgIpc) is 3.23. The second kappa shape index (κ2) is 9.26. The van der Waals surface area contributed by atoms with E-state index in [0.29, 0.717) is 29.4 Å². The Bertz CT molecular complexity index is 1570. The number of aromatic nitrogens is 4. The van der Waals surface area contributed by atoms with E-state index >= 15 is 0 Å². The number of hydrogen-bond acceptors (Lipinski definition) is 9. The van der Waals surface area contributed by atoms with Crippen molar-refractivity contribution in [3.63, 3.8) is 0 Å². The quantitative estimate of drug-likeness (QED) is 0.392. The van der Waals surface area contributed by atoms with Gasteiger partial charge in [0.05, 0.1) is 16.0 Å². The molecule has 6 heterocycles. The Labute approximate surface area is 230 Å². The number of rotatable bonds is 4. The summed E-state index contributed by atoms with van der Waals surface area (Å²) in [7, 11) is 0. The lowest BCUT2D eigenvalue weighted by Gasteiger charge is -2.60. The Hall–Kier alpha value is -4.12. The highest BCUT2D eigenvalue weighted by Gasteiger charge is 2.54. The van der Waals surface area contributed by atoms with Gasteiger partial charge in [-0.1, -0.05) is 11.3 Å². The number of anilines is 2. The van der Waals surface area contributed by atoms with Crippen LogP contribution in [0.15, 0.2) is 49.1 Å². The molecule has 2 aliphatic heterocycles. The van der Waals surface area contributed by atoms with Gasteiger partial charge in [-0.25, -0.2) is 9.78 Å². The van der Waals surface area contributed by atoms with Gasteiger partial charge in [0.25, 0.3) is 5.91 Å². The molecule has 0 aromatic carbocycles. The highest BCUT2D eigenvalue weighted by atomic mass is 32.1. The van der Waals surface area contributed by atoms with Crippen molar-refractivity contribution in [2.24, 2.45) is 5.41 Å². The maximum atomic E-state index is 13.4. The monoisotopic (exact) mass is 543 g/mol. The SMILES string of the molecule is Cc1cc(N2CC3(CN(C(=O)OC(C)(C)C)C3)C2)c(C(=O)Nc2nc3ncc(-c4ccncc4)cc3s2)cn1. The van der Waals surface area contributed by atoms with E-state index in [0.717, 1.165) is 40.3 Å². The molecule has 200 valence electrons. The first-order valence-corrected chi connectivity index (χ1v) is 13.6. The van der Waals surface area contributed by atoms with Gasteiger partial charge in [-0.15, -0.1) is 0 Å². The van der Waals surface area contributed by atoms with Crippen LogP contribution in [0.3, 0.4) is 0 Å². The molecule has 2 saturated heterocycles. The number of nitrogens with one attached hydrogen (secondary N) is 1. The van der Waals surface area contributed by atoms with Crippen LogP contribution in [0.5, 0.6) is 0 Å². The molecular weight excluding hydrogens is 514 g/mol. The van der Waals surface area contributed by atoms with Crippen LogP contribution in [0, 0.1) is 12.3 Å². The molecule has 0 atom stereocenters. The van der Waals surface area contributed by atoms with Gasteiger partial charge in [0.1, 0.15) is 5.60 Å². The normalized spacial score (nSPS) is 16.1. The fourth-order valence-corrected chi connectivity index (χ4v) is 5.93. The summed E-state index contributed by atoms with van der Waals surface area (Å²) in [6, 6.07) is 7.81. The number of aryl methyl sites for hydroxylation is 1. The Morgan fingerprint density at radius 1 is 1.03 bits per heavy atom. The molecule has 2 amide bonds. The summed E-state index contributed by atoms with van der Waals surface area (Å²) in [6.45, 7) is 10.4. The maximum Gasteiger partial charge on any atom is 0.410 e. The number of likely N-dealkylation sites (tertiary alicyclic amines) is 1. The zero-order valence-electron chi connectivity index (χ0n) is 22.3. The van der Waals surface area contributed by atoms with Crippen LogP contribution in [0.2, 0.25) is 0 Å². The fraction of sp³-hybridized carbons (Fsp3) is 0.357. The van der Waals surface area contributed by atoms with E-state index in [1.807, 2.05) is 52.0 Å². The standard InChI is InChI=1S/C28H29N7O3S/c1-17-9-21(34-13-28(14-34)15-35(16-28)26(37)38-27(2,3)4)20(12-30-17)24(36)33-25-32-23-22(39-25)10-19(11-31-23)18-5-7-29-8-6-18/h5-12H,13-16H2,1-4H3,(H,31,32,33,36). The molecule has 4 aromatic rings. The molecule has 1 spiro atoms. The first kappa shape index (κ1) is 25.2. The van der Waals surface area contributed by atoms with Gasteiger partial charge in [-0.05, 0) is 57.5 Å². The minimum atomic E-state index is -0.510. The van der Waals surface area contributed by atoms with Crippen LogP contribution >= 0.6 is 11.3 Å². The van der Waals surface area contributed by atoms with Crippen molar-refractivity contribution in [2.75, 3.05) is 36.4 Å². The third kappa shape index (κ3) is 5.01. The molecular formula is C28H29N7O3S. The Morgan fingerprint density at radius 3 is 2.49 bits per heavy atom. The molecule has 2 fully saturated rings. The molecule has 1 N–H and O–H groups in total. The fourth-order valence-electron chi connectivity index (χ4n) is 5.07. The molecule has 0 radical (unpaired) electrons. The summed E-state index contributed by atoms with van der Waals surface area (Å²) in [5, 5.41) is 3.42. The van der Waals surface area contributed by atoms with Gasteiger partial charge in [0.2, 0.25) is 0 Å². The van der Waals surface area contributed by atoms with Crippen LogP contribution in [0.25, 0.3) is 21.5 Å². The zero-order chi connectivity index (χ0) is 27.4. The van der Waals surface area contributed by atoms with Crippen LogP contribution in [0.4, 0.5) is 15.6 Å². The molecule has 0 unspecified atom stereocenters. The molecule has 0 saturated carbocycles. The van der Waals surface area contributed by atoms with Crippen LogP contribution in [-0.2, 0) is 4.74 Å². The Kier molecular flexibility index (Phi) is 5.98. The van der Waals surface area contributed by atoms with E-state index in [4.69, 9.17) is 4.74 Å². The van der Waals surface area contributed by atoms with Crippen LogP contribution < -0.4 is 10.2 Å². The largest absolute Gasteiger partial charge is 0.444 e. The lowest BCUT2D eigenvalue weighted by molar-refractivity contribution is -0.0453. The number of thiazole rings is 1. The van der Waals surface area contributed by atoms with Crippen LogP contribution in [-0.4, -0.2) is 68.6 Å². The van der Waals surface area contributed by atoms with Crippen molar-refractivity contribution in [1.82, 2.24) is 24.8 Å².